The van der Waals surface area contributed by atoms with Crippen LogP contribution in [0.2, 0.25) is 0 Å². The fourth-order valence-corrected chi connectivity index (χ4v) is 3.78. The molecule has 0 aliphatic rings. The van der Waals surface area contributed by atoms with Crippen LogP contribution in [0.15, 0.2) is 57.9 Å². The van der Waals surface area contributed by atoms with Crippen molar-refractivity contribution in [3.8, 4) is 0 Å². The van der Waals surface area contributed by atoms with Gasteiger partial charge in [0.2, 0.25) is 10.0 Å². The van der Waals surface area contributed by atoms with Crippen LogP contribution < -0.4 is 15.4 Å². The number of rotatable bonds is 7. The van der Waals surface area contributed by atoms with Crippen molar-refractivity contribution in [2.45, 2.75) is 25.8 Å². The predicted octanol–water partition coefficient (Wildman–Crippen LogP) is 3.27. The van der Waals surface area contributed by atoms with Gasteiger partial charge in [-0.15, -0.1) is 24.0 Å². The first-order chi connectivity index (χ1) is 13.9. The molecule has 0 saturated carbocycles. The molecule has 1 aromatic heterocycles. The number of sulfonamides is 1. The minimum Gasteiger partial charge on any atom is -0.459 e. The Balaban J connectivity index is 0.00000320. The van der Waals surface area contributed by atoms with E-state index >= 15 is 0 Å². The van der Waals surface area contributed by atoms with Crippen LogP contribution in [-0.2, 0) is 28.9 Å². The van der Waals surface area contributed by atoms with Crippen LogP contribution in [0, 0.1) is 6.92 Å². The van der Waals surface area contributed by atoms with Gasteiger partial charge in [-0.2, -0.15) is 0 Å². The summed E-state index contributed by atoms with van der Waals surface area (Å²) in [7, 11) is -0.135. The fraction of sp³-hybridized carbons (Fsp3) is 0.286. The Bertz CT molecular complexity index is 1110. The minimum atomic E-state index is -3.27. The monoisotopic (exact) mass is 542 g/mol. The van der Waals surface area contributed by atoms with Crippen LogP contribution >= 0.6 is 24.0 Å². The highest BCUT2D eigenvalue weighted by Gasteiger charge is 2.11. The first kappa shape index (κ1) is 24.2. The molecule has 9 heteroatoms. The lowest BCUT2D eigenvalue weighted by Gasteiger charge is -2.12. The maximum atomic E-state index is 11.6. The molecule has 0 fully saturated rings. The van der Waals surface area contributed by atoms with Crippen molar-refractivity contribution in [1.29, 1.82) is 0 Å². The highest BCUT2D eigenvalue weighted by atomic mass is 127. The Kier molecular flexibility index (Phi) is 8.68. The Morgan fingerprint density at radius 3 is 2.27 bits per heavy atom. The summed E-state index contributed by atoms with van der Waals surface area (Å²) < 4.78 is 31.5. The van der Waals surface area contributed by atoms with E-state index in [9.17, 15) is 8.42 Å². The molecule has 0 bridgehead atoms. The number of furan rings is 1. The van der Waals surface area contributed by atoms with Crippen LogP contribution in [0.1, 0.15) is 22.5 Å². The topological polar surface area (TPSA) is 95.7 Å². The molecular formula is C21H27IN4O3S. The zero-order chi connectivity index (χ0) is 20.9. The van der Waals surface area contributed by atoms with Gasteiger partial charge in [-0.1, -0.05) is 42.5 Å². The average Bonchev–Trinajstić information content (AvgIpc) is 3.05. The Hall–Kier alpha value is -2.11. The van der Waals surface area contributed by atoms with Crippen LogP contribution in [0.4, 0.5) is 0 Å². The van der Waals surface area contributed by atoms with Gasteiger partial charge in [0.05, 0.1) is 12.3 Å². The quantitative estimate of drug-likeness (QED) is 0.242. The standard InChI is InChI=1S/C21H26N4O3S.HI/c1-15-18-6-4-5-7-19(18)28-20(15)13-25-21(22-2)24-12-16-8-10-17(11-9-16)14-29(26,27)23-3;/h4-11,23H,12-14H2,1-3H3,(H2,22,24,25);1H. The molecule has 0 saturated heterocycles. The zero-order valence-electron chi connectivity index (χ0n) is 17.2. The summed E-state index contributed by atoms with van der Waals surface area (Å²) in [6, 6.07) is 15.4. The van der Waals surface area contributed by atoms with Crippen molar-refractivity contribution < 1.29 is 12.8 Å². The molecule has 0 atom stereocenters. The smallest absolute Gasteiger partial charge is 0.215 e. The molecule has 0 radical (unpaired) electrons. The molecule has 30 heavy (non-hydrogen) atoms. The second kappa shape index (κ2) is 10.8. The van der Waals surface area contributed by atoms with Crippen LogP contribution in [-0.4, -0.2) is 28.5 Å². The van der Waals surface area contributed by atoms with E-state index in [1.165, 1.54) is 7.05 Å². The number of halogens is 1. The van der Waals surface area contributed by atoms with Gasteiger partial charge in [-0.25, -0.2) is 13.1 Å². The summed E-state index contributed by atoms with van der Waals surface area (Å²) in [5.41, 5.74) is 3.77. The molecule has 2 aromatic carbocycles. The van der Waals surface area contributed by atoms with Gasteiger partial charge in [0.1, 0.15) is 11.3 Å². The molecule has 0 amide bonds. The number of fused-ring (bicyclic) bond motifs is 1. The summed E-state index contributed by atoms with van der Waals surface area (Å²) in [6.45, 7) is 3.15. The number of guanidine groups is 1. The second-order valence-electron chi connectivity index (χ2n) is 6.71. The largest absolute Gasteiger partial charge is 0.459 e. The zero-order valence-corrected chi connectivity index (χ0v) is 20.4. The van der Waals surface area contributed by atoms with E-state index in [1.54, 1.807) is 7.05 Å². The number of hydrogen-bond donors (Lipinski definition) is 3. The SMILES string of the molecule is CN=C(NCc1ccc(CS(=O)(=O)NC)cc1)NCc1oc2ccccc2c1C.I. The molecule has 0 spiro atoms. The molecule has 0 aliphatic carbocycles. The van der Waals surface area contributed by atoms with E-state index in [-0.39, 0.29) is 29.7 Å². The van der Waals surface area contributed by atoms with Gasteiger partial charge >= 0.3 is 0 Å². The lowest BCUT2D eigenvalue weighted by molar-refractivity contribution is 0.534. The predicted molar refractivity (Wildman–Crippen MR) is 132 cm³/mol. The number of aliphatic imine (C=N–C) groups is 1. The van der Waals surface area contributed by atoms with Crippen molar-refractivity contribution in [2.75, 3.05) is 14.1 Å². The van der Waals surface area contributed by atoms with Crippen molar-refractivity contribution in [3.63, 3.8) is 0 Å². The summed E-state index contributed by atoms with van der Waals surface area (Å²) >= 11 is 0. The molecule has 3 N–H and O–H groups in total. The average molecular weight is 542 g/mol. The van der Waals surface area contributed by atoms with E-state index in [1.807, 2.05) is 42.5 Å². The molecule has 3 rings (SSSR count). The molecule has 3 aromatic rings. The third kappa shape index (κ3) is 6.19. The maximum Gasteiger partial charge on any atom is 0.215 e. The first-order valence-electron chi connectivity index (χ1n) is 9.32. The van der Waals surface area contributed by atoms with E-state index < -0.39 is 10.0 Å². The number of nitrogens with zero attached hydrogens (tertiary/aromatic N) is 1. The van der Waals surface area contributed by atoms with Crippen molar-refractivity contribution in [1.82, 2.24) is 15.4 Å². The molecule has 162 valence electrons. The van der Waals surface area contributed by atoms with Gasteiger partial charge in [0.25, 0.3) is 0 Å². The van der Waals surface area contributed by atoms with E-state index in [4.69, 9.17) is 4.42 Å². The lowest BCUT2D eigenvalue weighted by Crippen LogP contribution is -2.36. The number of benzene rings is 2. The number of nitrogens with one attached hydrogen (secondary N) is 3. The molecule has 0 unspecified atom stereocenters. The minimum absolute atomic E-state index is 0. The van der Waals surface area contributed by atoms with Crippen LogP contribution in [0.25, 0.3) is 11.0 Å². The Labute approximate surface area is 194 Å². The van der Waals surface area contributed by atoms with Gasteiger partial charge < -0.3 is 15.1 Å². The van der Waals surface area contributed by atoms with Crippen LogP contribution in [0.5, 0.6) is 0 Å². The van der Waals surface area contributed by atoms with Gasteiger partial charge in [-0.3, -0.25) is 4.99 Å². The van der Waals surface area contributed by atoms with Crippen LogP contribution in [0.3, 0.4) is 0 Å². The fourth-order valence-electron chi connectivity index (χ4n) is 3.01. The molecular weight excluding hydrogens is 515 g/mol. The third-order valence-corrected chi connectivity index (χ3v) is 6.07. The summed E-state index contributed by atoms with van der Waals surface area (Å²) in [6.07, 6.45) is 0. The highest BCUT2D eigenvalue weighted by molar-refractivity contribution is 14.0. The molecule has 0 aliphatic heterocycles. The molecule has 7 nitrogen and oxygen atoms in total. The normalized spacial score (nSPS) is 11.9. The van der Waals surface area contributed by atoms with Crippen molar-refractivity contribution >= 4 is 50.9 Å². The Morgan fingerprint density at radius 1 is 1.00 bits per heavy atom. The van der Waals surface area contributed by atoms with Crippen molar-refractivity contribution in [3.05, 3.63) is 71.0 Å². The van der Waals surface area contributed by atoms with Gasteiger partial charge in [0, 0.05) is 24.5 Å². The third-order valence-electron chi connectivity index (χ3n) is 4.73. The van der Waals surface area contributed by atoms with Gasteiger partial charge in [-0.05, 0) is 31.2 Å². The summed E-state index contributed by atoms with van der Waals surface area (Å²) in [5, 5.41) is 7.64. The van der Waals surface area contributed by atoms with Crippen molar-refractivity contribution in [2.24, 2.45) is 4.99 Å². The van der Waals surface area contributed by atoms with E-state index in [0.717, 1.165) is 33.4 Å². The summed E-state index contributed by atoms with van der Waals surface area (Å²) in [4.78, 5) is 4.24. The van der Waals surface area contributed by atoms with E-state index in [0.29, 0.717) is 19.0 Å². The van der Waals surface area contributed by atoms with Gasteiger partial charge in [0.15, 0.2) is 5.96 Å². The van der Waals surface area contributed by atoms with E-state index in [2.05, 4.69) is 33.3 Å². The summed E-state index contributed by atoms with van der Waals surface area (Å²) in [5.74, 6) is 1.51. The lowest BCUT2D eigenvalue weighted by atomic mass is 10.1. The highest BCUT2D eigenvalue weighted by Crippen LogP contribution is 2.24. The maximum absolute atomic E-state index is 11.6. The number of aryl methyl sites for hydroxylation is 1. The number of para-hydroxylation sites is 1. The second-order valence-corrected chi connectivity index (χ2v) is 8.63. The first-order valence-corrected chi connectivity index (χ1v) is 11.0. The Morgan fingerprint density at radius 2 is 1.63 bits per heavy atom. The molecule has 1 heterocycles. The number of hydrogen-bond acceptors (Lipinski definition) is 4.